The monoisotopic (exact) mass is 676 g/mol. The van der Waals surface area contributed by atoms with E-state index in [1.165, 1.54) is 29.0 Å². The lowest BCUT2D eigenvalue weighted by atomic mass is 9.84. The van der Waals surface area contributed by atoms with Gasteiger partial charge in [-0.3, -0.25) is 14.5 Å². The van der Waals surface area contributed by atoms with Gasteiger partial charge in [-0.15, -0.1) is 0 Å². The predicted octanol–water partition coefficient (Wildman–Crippen LogP) is 6.72. The summed E-state index contributed by atoms with van der Waals surface area (Å²) in [5.74, 6) is -0.717. The molecule has 1 aliphatic heterocycles. The highest BCUT2D eigenvalue weighted by Gasteiger charge is 2.41. The van der Waals surface area contributed by atoms with Crippen LogP contribution >= 0.6 is 11.9 Å². The number of aryl methyl sites for hydroxylation is 1. The van der Waals surface area contributed by atoms with Gasteiger partial charge in [-0.2, -0.15) is 0 Å². The number of hydrogen-bond acceptors (Lipinski definition) is 7. The van der Waals surface area contributed by atoms with Crippen LogP contribution in [0.15, 0.2) is 144 Å². The zero-order chi connectivity index (χ0) is 33.7. The van der Waals surface area contributed by atoms with Crippen molar-refractivity contribution in [2.24, 2.45) is 0 Å². The fourth-order valence-electron chi connectivity index (χ4n) is 6.02. The fraction of sp³-hybridized carbons (Fsp3) is 0.179. The second-order valence-corrected chi connectivity index (χ2v) is 15.1. The number of amides is 2. The molecule has 9 heteroatoms. The highest BCUT2D eigenvalue weighted by Crippen LogP contribution is 2.50. The van der Waals surface area contributed by atoms with Crippen LogP contribution in [0.2, 0.25) is 0 Å². The summed E-state index contributed by atoms with van der Waals surface area (Å²) < 4.78 is 28.0. The van der Waals surface area contributed by atoms with Gasteiger partial charge in [-0.25, -0.2) is 12.7 Å². The maximum atomic E-state index is 13.4. The number of nitrogens with zero attached hydrogens (tertiary/aromatic N) is 2. The topological polar surface area (TPSA) is 95.0 Å². The van der Waals surface area contributed by atoms with Gasteiger partial charge in [0.25, 0.3) is 11.8 Å². The maximum absolute atomic E-state index is 13.4. The van der Waals surface area contributed by atoms with Crippen molar-refractivity contribution in [2.75, 3.05) is 19.6 Å². The lowest BCUT2D eigenvalue weighted by molar-refractivity contribution is 0.0647. The third kappa shape index (κ3) is 6.59. The first-order valence-electron chi connectivity index (χ1n) is 15.8. The number of aliphatic hydroxyl groups excluding tert-OH is 1. The van der Waals surface area contributed by atoms with Crippen molar-refractivity contribution >= 4 is 33.6 Å². The normalized spacial score (nSPS) is 13.9. The molecular weight excluding hydrogens is 641 g/mol. The zero-order valence-electron chi connectivity index (χ0n) is 26.5. The lowest BCUT2D eigenvalue weighted by Crippen LogP contribution is -2.40. The van der Waals surface area contributed by atoms with E-state index in [0.29, 0.717) is 11.1 Å². The molecule has 1 atom stereocenters. The molecule has 1 heterocycles. The van der Waals surface area contributed by atoms with E-state index in [-0.39, 0.29) is 42.8 Å². The van der Waals surface area contributed by atoms with Crippen molar-refractivity contribution in [3.63, 3.8) is 0 Å². The number of imide groups is 1. The molecule has 5 aromatic carbocycles. The molecule has 0 radical (unpaired) electrons. The van der Waals surface area contributed by atoms with Gasteiger partial charge in [-0.1, -0.05) is 133 Å². The van der Waals surface area contributed by atoms with Crippen LogP contribution in [-0.4, -0.2) is 59.6 Å². The largest absolute Gasteiger partial charge is 0.377 e. The molecule has 0 saturated carbocycles. The Morgan fingerprint density at radius 1 is 0.667 bits per heavy atom. The second kappa shape index (κ2) is 14.3. The number of sulfone groups is 1. The molecule has 6 rings (SSSR count). The molecule has 2 amide bonds. The van der Waals surface area contributed by atoms with E-state index in [1.54, 1.807) is 36.4 Å². The summed E-state index contributed by atoms with van der Waals surface area (Å²) in [5.41, 5.74) is 2.96. The van der Waals surface area contributed by atoms with Crippen LogP contribution in [0.25, 0.3) is 0 Å². The second-order valence-electron chi connectivity index (χ2n) is 11.7. The van der Waals surface area contributed by atoms with Gasteiger partial charge >= 0.3 is 0 Å². The first-order chi connectivity index (χ1) is 23.2. The van der Waals surface area contributed by atoms with Crippen molar-refractivity contribution in [3.8, 4) is 0 Å². The van der Waals surface area contributed by atoms with Crippen LogP contribution in [-0.2, 0) is 14.6 Å². The van der Waals surface area contributed by atoms with Crippen LogP contribution in [0.1, 0.15) is 49.4 Å². The number of carbonyl (C=O) groups is 2. The Bertz CT molecular complexity index is 1860. The lowest BCUT2D eigenvalue weighted by Gasteiger charge is -2.39. The van der Waals surface area contributed by atoms with Crippen molar-refractivity contribution in [3.05, 3.63) is 173 Å². The summed E-state index contributed by atoms with van der Waals surface area (Å²) in [6.07, 6.45) is -0.0974. The average Bonchev–Trinajstić information content (AvgIpc) is 3.37. The Morgan fingerprint density at radius 3 is 1.56 bits per heavy atom. The number of fused-ring (bicyclic) bond motifs is 1. The van der Waals surface area contributed by atoms with E-state index < -0.39 is 20.0 Å². The Labute approximate surface area is 285 Å². The van der Waals surface area contributed by atoms with Crippen LogP contribution in [0, 0.1) is 6.92 Å². The number of rotatable bonds is 13. The standard InChI is InChI=1S/C39H36N2O5S2/c1-29-21-23-33(24-22-29)48(45,46)36(42)25-26-40(27-28-41-37(43)34-19-11-12-20-35(34)38(41)44)47-39(30-13-5-2-6-14-30,31-15-7-3-8-16-31)32-17-9-4-10-18-32/h2-24,36,42H,25-28H2,1H3. The van der Waals surface area contributed by atoms with Gasteiger partial charge < -0.3 is 5.11 Å². The summed E-state index contributed by atoms with van der Waals surface area (Å²) in [4.78, 5) is 27.9. The van der Waals surface area contributed by atoms with Crippen molar-refractivity contribution < 1.29 is 23.1 Å². The molecule has 0 spiro atoms. The summed E-state index contributed by atoms with van der Waals surface area (Å²) in [6, 6.07) is 43.4. The molecule has 7 nitrogen and oxygen atoms in total. The molecule has 0 aromatic heterocycles. The van der Waals surface area contributed by atoms with Crippen LogP contribution in [0.4, 0.5) is 0 Å². The van der Waals surface area contributed by atoms with Crippen LogP contribution in [0.5, 0.6) is 0 Å². The third-order valence-corrected chi connectivity index (χ3v) is 12.1. The predicted molar refractivity (Wildman–Crippen MR) is 189 cm³/mol. The number of benzene rings is 5. The van der Waals surface area contributed by atoms with E-state index in [1.807, 2.05) is 65.8 Å². The molecule has 0 aliphatic carbocycles. The molecule has 0 bridgehead atoms. The van der Waals surface area contributed by atoms with Gasteiger partial charge in [0.05, 0.1) is 16.0 Å². The number of hydrogen-bond donors (Lipinski definition) is 1. The van der Waals surface area contributed by atoms with Gasteiger partial charge in [0.15, 0.2) is 5.44 Å². The average molecular weight is 677 g/mol. The molecule has 1 unspecified atom stereocenters. The number of carbonyl (C=O) groups excluding carboxylic acids is 2. The molecule has 1 N–H and O–H groups in total. The van der Waals surface area contributed by atoms with Gasteiger partial charge in [0.1, 0.15) is 4.75 Å². The summed E-state index contributed by atoms with van der Waals surface area (Å²) in [7, 11) is -4.04. The van der Waals surface area contributed by atoms with E-state index >= 15 is 0 Å². The summed E-state index contributed by atoms with van der Waals surface area (Å²) in [5, 5.41) is 11.1. The Hall–Kier alpha value is -4.54. The van der Waals surface area contributed by atoms with Gasteiger partial charge in [0, 0.05) is 26.1 Å². The Kier molecular flexibility index (Phi) is 9.93. The minimum atomic E-state index is -4.04. The zero-order valence-corrected chi connectivity index (χ0v) is 28.1. The fourth-order valence-corrected chi connectivity index (χ4v) is 8.75. The van der Waals surface area contributed by atoms with E-state index in [4.69, 9.17) is 0 Å². The SMILES string of the molecule is Cc1ccc(S(=O)(=O)C(O)CCN(CCN2C(=O)c3ccccc3C2=O)SC(c2ccccc2)(c2ccccc2)c2ccccc2)cc1. The Morgan fingerprint density at radius 2 is 1.10 bits per heavy atom. The number of aliphatic hydroxyl groups is 1. The molecular formula is C39H36N2O5S2. The first-order valence-corrected chi connectivity index (χ1v) is 18.1. The molecule has 244 valence electrons. The summed E-state index contributed by atoms with van der Waals surface area (Å²) in [6.45, 7) is 2.32. The third-order valence-electron chi connectivity index (χ3n) is 8.59. The molecule has 1 aliphatic rings. The highest BCUT2D eigenvalue weighted by atomic mass is 32.2. The van der Waals surface area contributed by atoms with Crippen molar-refractivity contribution in [1.29, 1.82) is 0 Å². The maximum Gasteiger partial charge on any atom is 0.261 e. The van der Waals surface area contributed by atoms with E-state index in [0.717, 1.165) is 22.3 Å². The minimum Gasteiger partial charge on any atom is -0.377 e. The van der Waals surface area contributed by atoms with Crippen molar-refractivity contribution in [2.45, 2.75) is 28.4 Å². The molecule has 0 fully saturated rings. The minimum absolute atomic E-state index is 0.0537. The van der Waals surface area contributed by atoms with Crippen molar-refractivity contribution in [1.82, 2.24) is 9.21 Å². The quantitative estimate of drug-likeness (QED) is 0.0841. The molecule has 5 aromatic rings. The smallest absolute Gasteiger partial charge is 0.261 e. The summed E-state index contributed by atoms with van der Waals surface area (Å²) >= 11 is 1.49. The van der Waals surface area contributed by atoms with E-state index in [2.05, 4.69) is 36.4 Å². The molecule has 0 saturated heterocycles. The first kappa shape index (κ1) is 33.4. The van der Waals surface area contributed by atoms with Crippen LogP contribution < -0.4 is 0 Å². The van der Waals surface area contributed by atoms with Gasteiger partial charge in [-0.05, 0) is 47.9 Å². The van der Waals surface area contributed by atoms with Gasteiger partial charge in [0.2, 0.25) is 9.84 Å². The van der Waals surface area contributed by atoms with E-state index in [9.17, 15) is 23.1 Å². The highest BCUT2D eigenvalue weighted by molar-refractivity contribution is 7.98. The Balaban J connectivity index is 1.37. The molecule has 48 heavy (non-hydrogen) atoms. The van der Waals surface area contributed by atoms with Crippen LogP contribution in [0.3, 0.4) is 0 Å².